The summed E-state index contributed by atoms with van der Waals surface area (Å²) in [5.74, 6) is 0. The van der Waals surface area contributed by atoms with Gasteiger partial charge in [0.15, 0.2) is 0 Å². The summed E-state index contributed by atoms with van der Waals surface area (Å²) in [6.45, 7) is 1.50. The molecule has 1 atom stereocenters. The summed E-state index contributed by atoms with van der Waals surface area (Å²) in [6, 6.07) is 5.58. The average molecular weight is 294 g/mol. The highest BCUT2D eigenvalue weighted by atomic mass is 32.2. The number of sulfonamides is 1. The molecule has 108 valence electrons. The van der Waals surface area contributed by atoms with E-state index in [-0.39, 0.29) is 6.04 Å². The minimum atomic E-state index is -3.18. The molecule has 20 heavy (non-hydrogen) atoms. The van der Waals surface area contributed by atoms with Gasteiger partial charge in [0.05, 0.1) is 6.26 Å². The van der Waals surface area contributed by atoms with E-state index in [9.17, 15) is 8.42 Å². The van der Waals surface area contributed by atoms with Crippen molar-refractivity contribution in [2.24, 2.45) is 0 Å². The highest BCUT2D eigenvalue weighted by Crippen LogP contribution is 2.23. The molecule has 1 aliphatic heterocycles. The Morgan fingerprint density at radius 1 is 1.55 bits per heavy atom. The van der Waals surface area contributed by atoms with Crippen LogP contribution in [0.3, 0.4) is 0 Å². The second kappa shape index (κ2) is 5.77. The number of rotatable bonds is 3. The molecule has 2 rings (SSSR count). The van der Waals surface area contributed by atoms with E-state index in [4.69, 9.17) is 5.26 Å². The number of nitriles is 1. The van der Waals surface area contributed by atoms with Crippen molar-refractivity contribution >= 4 is 15.7 Å². The normalized spacial score (nSPS) is 19.9. The van der Waals surface area contributed by atoms with Crippen LogP contribution in [0, 0.1) is 11.3 Å². The fraction of sp³-hybridized carbons (Fsp3) is 0.538. The van der Waals surface area contributed by atoms with Gasteiger partial charge in [-0.2, -0.15) is 5.26 Å². The van der Waals surface area contributed by atoms with Gasteiger partial charge in [-0.25, -0.2) is 17.7 Å². The van der Waals surface area contributed by atoms with Crippen molar-refractivity contribution < 1.29 is 8.42 Å². The van der Waals surface area contributed by atoms with Crippen LogP contribution >= 0.6 is 0 Å². The largest absolute Gasteiger partial charge is 0.370 e. The first-order valence-corrected chi connectivity index (χ1v) is 8.31. The zero-order valence-electron chi connectivity index (χ0n) is 11.7. The molecule has 2 heterocycles. The average Bonchev–Trinajstić information content (AvgIpc) is 2.45. The van der Waals surface area contributed by atoms with Crippen LogP contribution in [0.2, 0.25) is 0 Å². The fourth-order valence-corrected chi connectivity index (χ4v) is 3.15. The van der Waals surface area contributed by atoms with E-state index < -0.39 is 10.0 Å². The first kappa shape index (κ1) is 14.8. The van der Waals surface area contributed by atoms with Gasteiger partial charge in [0, 0.05) is 38.1 Å². The zero-order chi connectivity index (χ0) is 14.8. The Bertz CT molecular complexity index is 624. The number of hydrogen-bond donors (Lipinski definition) is 0. The monoisotopic (exact) mass is 294 g/mol. The maximum atomic E-state index is 11.6. The van der Waals surface area contributed by atoms with Crippen molar-refractivity contribution in [3.8, 4) is 6.07 Å². The lowest BCUT2D eigenvalue weighted by molar-refractivity contribution is 0.322. The van der Waals surface area contributed by atoms with Crippen molar-refractivity contribution in [2.45, 2.75) is 18.9 Å². The van der Waals surface area contributed by atoms with Crippen molar-refractivity contribution in [3.63, 3.8) is 0 Å². The van der Waals surface area contributed by atoms with Gasteiger partial charge in [-0.1, -0.05) is 0 Å². The first-order chi connectivity index (χ1) is 9.41. The van der Waals surface area contributed by atoms with Gasteiger partial charge in [0.25, 0.3) is 0 Å². The van der Waals surface area contributed by atoms with Crippen molar-refractivity contribution in [1.82, 2.24) is 9.29 Å². The predicted molar refractivity (Wildman–Crippen MR) is 76.8 cm³/mol. The second-order valence-corrected chi connectivity index (χ2v) is 7.07. The van der Waals surface area contributed by atoms with Crippen LogP contribution in [0.15, 0.2) is 18.3 Å². The molecule has 0 saturated carbocycles. The maximum absolute atomic E-state index is 11.6. The third-order valence-corrected chi connectivity index (χ3v) is 5.00. The third-order valence-electron chi connectivity index (χ3n) is 3.66. The lowest BCUT2D eigenvalue weighted by Gasteiger charge is -2.37. The Balaban J connectivity index is 2.16. The molecule has 0 N–H and O–H groups in total. The van der Waals surface area contributed by atoms with Gasteiger partial charge in [0.1, 0.15) is 11.8 Å². The lowest BCUT2D eigenvalue weighted by Crippen LogP contribution is -2.48. The smallest absolute Gasteiger partial charge is 0.211 e. The minimum Gasteiger partial charge on any atom is -0.370 e. The van der Waals surface area contributed by atoms with Crippen molar-refractivity contribution in [3.05, 3.63) is 24.0 Å². The molecule has 1 saturated heterocycles. The van der Waals surface area contributed by atoms with E-state index in [1.807, 2.05) is 12.1 Å². The summed E-state index contributed by atoms with van der Waals surface area (Å²) < 4.78 is 24.7. The Labute approximate surface area is 119 Å². The van der Waals surface area contributed by atoms with Crippen LogP contribution in [0.1, 0.15) is 18.5 Å². The molecule has 1 aromatic rings. The Morgan fingerprint density at radius 3 is 2.95 bits per heavy atom. The van der Waals surface area contributed by atoms with Crippen LogP contribution < -0.4 is 4.90 Å². The zero-order valence-corrected chi connectivity index (χ0v) is 12.5. The van der Waals surface area contributed by atoms with E-state index in [0.717, 1.165) is 25.1 Å². The molecule has 0 aliphatic carbocycles. The van der Waals surface area contributed by atoms with Gasteiger partial charge >= 0.3 is 0 Å². The molecule has 0 aromatic carbocycles. The molecular formula is C13H18N4O2S. The number of aromatic nitrogens is 1. The topological polar surface area (TPSA) is 77.3 Å². The van der Waals surface area contributed by atoms with E-state index in [1.54, 1.807) is 19.3 Å². The number of hydrogen-bond acceptors (Lipinski definition) is 5. The Hall–Kier alpha value is -1.65. The number of likely N-dealkylation sites (N-methyl/N-ethyl adjacent to an activating group) is 1. The number of anilines is 1. The van der Waals surface area contributed by atoms with Gasteiger partial charge in [-0.05, 0) is 25.0 Å². The van der Waals surface area contributed by atoms with Crippen LogP contribution in [0.4, 0.5) is 5.69 Å². The summed E-state index contributed by atoms with van der Waals surface area (Å²) in [5.41, 5.74) is 1.30. The summed E-state index contributed by atoms with van der Waals surface area (Å²) in [5, 5.41) is 8.89. The quantitative estimate of drug-likeness (QED) is 0.824. The third kappa shape index (κ3) is 3.26. The van der Waals surface area contributed by atoms with Gasteiger partial charge in [-0.15, -0.1) is 0 Å². The van der Waals surface area contributed by atoms with Crippen LogP contribution in [0.25, 0.3) is 0 Å². The molecule has 1 unspecified atom stereocenters. The van der Waals surface area contributed by atoms with Crippen molar-refractivity contribution in [2.75, 3.05) is 31.3 Å². The van der Waals surface area contributed by atoms with E-state index in [2.05, 4.69) is 9.88 Å². The molecule has 6 nitrogen and oxygen atoms in total. The van der Waals surface area contributed by atoms with Crippen LogP contribution in [-0.2, 0) is 10.0 Å². The lowest BCUT2D eigenvalue weighted by atomic mass is 10.1. The van der Waals surface area contributed by atoms with Gasteiger partial charge in [-0.3, -0.25) is 0 Å². The standard InChI is InChI=1S/C13H18N4O2S/c1-16(20(2,18)19)13-4-3-7-17(10-13)12-5-6-15-11(8-12)9-14/h5-6,8,13H,3-4,7,10H2,1-2H3. The molecular weight excluding hydrogens is 276 g/mol. The van der Waals surface area contributed by atoms with Crippen LogP contribution in [-0.4, -0.2) is 50.1 Å². The van der Waals surface area contributed by atoms with Crippen LogP contribution in [0.5, 0.6) is 0 Å². The SMILES string of the molecule is CN(C1CCCN(c2ccnc(C#N)c2)C1)S(C)(=O)=O. The highest BCUT2D eigenvalue weighted by molar-refractivity contribution is 7.88. The van der Waals surface area contributed by atoms with E-state index in [1.165, 1.54) is 10.6 Å². The Morgan fingerprint density at radius 2 is 2.30 bits per heavy atom. The summed E-state index contributed by atoms with van der Waals surface area (Å²) >= 11 is 0. The first-order valence-electron chi connectivity index (χ1n) is 6.46. The second-order valence-electron chi connectivity index (χ2n) is 5.03. The molecule has 0 radical (unpaired) electrons. The van der Waals surface area contributed by atoms with Gasteiger partial charge < -0.3 is 4.90 Å². The molecule has 0 amide bonds. The number of pyridine rings is 1. The van der Waals surface area contributed by atoms with E-state index >= 15 is 0 Å². The number of nitrogens with zero attached hydrogens (tertiary/aromatic N) is 4. The molecule has 0 spiro atoms. The minimum absolute atomic E-state index is 0.0301. The summed E-state index contributed by atoms with van der Waals surface area (Å²) in [6.07, 6.45) is 4.62. The summed E-state index contributed by atoms with van der Waals surface area (Å²) in [7, 11) is -1.56. The number of piperidine rings is 1. The Kier molecular flexibility index (Phi) is 4.26. The molecule has 1 fully saturated rings. The molecule has 1 aliphatic rings. The highest BCUT2D eigenvalue weighted by Gasteiger charge is 2.28. The maximum Gasteiger partial charge on any atom is 0.211 e. The molecule has 0 bridgehead atoms. The van der Waals surface area contributed by atoms with Gasteiger partial charge in [0.2, 0.25) is 10.0 Å². The molecule has 1 aromatic heterocycles. The predicted octanol–water partition coefficient (Wildman–Crippen LogP) is 0.813. The van der Waals surface area contributed by atoms with Crippen molar-refractivity contribution in [1.29, 1.82) is 5.26 Å². The van der Waals surface area contributed by atoms with E-state index in [0.29, 0.717) is 12.2 Å². The molecule has 7 heteroatoms. The summed E-state index contributed by atoms with van der Waals surface area (Å²) in [4.78, 5) is 6.06. The fourth-order valence-electron chi connectivity index (χ4n) is 2.43.